The number of H-pyrrole nitrogens is 1. The van der Waals surface area contributed by atoms with Gasteiger partial charge in [0.25, 0.3) is 0 Å². The maximum absolute atomic E-state index is 4.65. The summed E-state index contributed by atoms with van der Waals surface area (Å²) in [5.41, 5.74) is 6.99. The number of nitrogens with zero attached hydrogens (tertiary/aromatic N) is 1. The summed E-state index contributed by atoms with van der Waals surface area (Å²) in [5.74, 6) is 1.67. The number of aromatic nitrogens is 2. The first kappa shape index (κ1) is 12.3. The van der Waals surface area contributed by atoms with Crippen molar-refractivity contribution in [1.29, 1.82) is 0 Å². The molecular formula is C16H16N2S. The third-order valence-electron chi connectivity index (χ3n) is 3.51. The molecule has 0 aliphatic rings. The zero-order chi connectivity index (χ0) is 13.4. The Morgan fingerprint density at radius 3 is 2.63 bits per heavy atom. The molecule has 2 aromatic carbocycles. The smallest absolute Gasteiger partial charge is 0.138 e. The molecule has 0 saturated heterocycles. The van der Waals surface area contributed by atoms with E-state index in [1.807, 2.05) is 6.07 Å². The third-order valence-corrected chi connectivity index (χ3v) is 3.87. The second kappa shape index (κ2) is 4.74. The van der Waals surface area contributed by atoms with Crippen molar-refractivity contribution in [2.45, 2.75) is 19.6 Å². The van der Waals surface area contributed by atoms with E-state index in [-0.39, 0.29) is 0 Å². The molecule has 0 bridgehead atoms. The zero-order valence-electron chi connectivity index (χ0n) is 11.1. The molecule has 0 aliphatic heterocycles. The molecule has 0 fully saturated rings. The van der Waals surface area contributed by atoms with Crippen LogP contribution in [0.1, 0.15) is 16.7 Å². The number of fused-ring (bicyclic) bond motifs is 1. The Labute approximate surface area is 118 Å². The summed E-state index contributed by atoms with van der Waals surface area (Å²) in [5, 5.41) is 0. The van der Waals surface area contributed by atoms with Gasteiger partial charge in [-0.3, -0.25) is 0 Å². The average molecular weight is 268 g/mol. The summed E-state index contributed by atoms with van der Waals surface area (Å²) in [4.78, 5) is 8.04. The fraction of sp³-hybridized carbons (Fsp3) is 0.188. The van der Waals surface area contributed by atoms with E-state index in [9.17, 15) is 0 Å². The Kier molecular flexibility index (Phi) is 3.07. The van der Waals surface area contributed by atoms with Gasteiger partial charge in [-0.15, -0.1) is 0 Å². The molecule has 3 heteroatoms. The molecule has 96 valence electrons. The monoisotopic (exact) mass is 268 g/mol. The fourth-order valence-corrected chi connectivity index (χ4v) is 2.38. The van der Waals surface area contributed by atoms with Gasteiger partial charge in [0.05, 0.1) is 11.0 Å². The first-order valence-electron chi connectivity index (χ1n) is 6.34. The lowest BCUT2D eigenvalue weighted by atomic mass is 10.1. The Morgan fingerprint density at radius 2 is 1.89 bits per heavy atom. The van der Waals surface area contributed by atoms with Crippen molar-refractivity contribution < 1.29 is 0 Å². The summed E-state index contributed by atoms with van der Waals surface area (Å²) in [6, 6.07) is 12.6. The average Bonchev–Trinajstić information content (AvgIpc) is 2.84. The van der Waals surface area contributed by atoms with Crippen LogP contribution < -0.4 is 0 Å². The minimum Gasteiger partial charge on any atom is -0.338 e. The van der Waals surface area contributed by atoms with Gasteiger partial charge in [-0.1, -0.05) is 18.2 Å². The van der Waals surface area contributed by atoms with Crippen LogP contribution in [0.25, 0.3) is 22.4 Å². The summed E-state index contributed by atoms with van der Waals surface area (Å²) < 4.78 is 0. The third kappa shape index (κ3) is 2.26. The predicted octanol–water partition coefficient (Wildman–Crippen LogP) is 4.28. The zero-order valence-corrected chi connectivity index (χ0v) is 12.0. The number of thiol groups is 1. The molecule has 0 radical (unpaired) electrons. The van der Waals surface area contributed by atoms with E-state index >= 15 is 0 Å². The lowest BCUT2D eigenvalue weighted by Crippen LogP contribution is -1.84. The molecule has 0 unspecified atom stereocenters. The summed E-state index contributed by atoms with van der Waals surface area (Å²) in [6.45, 7) is 4.25. The number of hydrogen-bond acceptors (Lipinski definition) is 2. The van der Waals surface area contributed by atoms with Gasteiger partial charge in [-0.25, -0.2) is 4.98 Å². The van der Waals surface area contributed by atoms with E-state index in [4.69, 9.17) is 0 Å². The number of aromatic amines is 1. The van der Waals surface area contributed by atoms with Gasteiger partial charge >= 0.3 is 0 Å². The highest BCUT2D eigenvalue weighted by Crippen LogP contribution is 2.23. The van der Waals surface area contributed by atoms with Gasteiger partial charge < -0.3 is 4.98 Å². The highest BCUT2D eigenvalue weighted by molar-refractivity contribution is 7.79. The van der Waals surface area contributed by atoms with Crippen molar-refractivity contribution in [2.24, 2.45) is 0 Å². The van der Waals surface area contributed by atoms with Crippen molar-refractivity contribution in [3.63, 3.8) is 0 Å². The predicted molar refractivity (Wildman–Crippen MR) is 83.7 cm³/mol. The van der Waals surface area contributed by atoms with Crippen molar-refractivity contribution in [3.05, 3.63) is 53.1 Å². The van der Waals surface area contributed by atoms with E-state index in [1.54, 1.807) is 0 Å². The van der Waals surface area contributed by atoms with Gasteiger partial charge in [0.2, 0.25) is 0 Å². The number of hydrogen-bond donors (Lipinski definition) is 2. The Balaban J connectivity index is 2.11. The topological polar surface area (TPSA) is 28.7 Å². The van der Waals surface area contributed by atoms with E-state index < -0.39 is 0 Å². The highest BCUT2D eigenvalue weighted by atomic mass is 32.1. The molecule has 0 amide bonds. The summed E-state index contributed by atoms with van der Waals surface area (Å²) >= 11 is 4.30. The summed E-state index contributed by atoms with van der Waals surface area (Å²) in [6.07, 6.45) is 0. The largest absolute Gasteiger partial charge is 0.338 e. The lowest BCUT2D eigenvalue weighted by Gasteiger charge is -2.02. The molecule has 1 N–H and O–H groups in total. The molecule has 19 heavy (non-hydrogen) atoms. The Hall–Kier alpha value is -1.74. The van der Waals surface area contributed by atoms with Crippen LogP contribution in [0.3, 0.4) is 0 Å². The van der Waals surface area contributed by atoms with Gasteiger partial charge in [-0.2, -0.15) is 12.6 Å². The van der Waals surface area contributed by atoms with Crippen molar-refractivity contribution >= 4 is 23.7 Å². The van der Waals surface area contributed by atoms with Crippen molar-refractivity contribution in [3.8, 4) is 11.4 Å². The quantitative estimate of drug-likeness (QED) is 0.667. The number of rotatable bonds is 2. The van der Waals surface area contributed by atoms with Crippen LogP contribution in [0, 0.1) is 13.8 Å². The molecule has 0 aliphatic carbocycles. The van der Waals surface area contributed by atoms with Gasteiger partial charge in [-0.05, 0) is 48.7 Å². The van der Waals surface area contributed by atoms with Crippen LogP contribution in [0.2, 0.25) is 0 Å². The molecule has 3 rings (SSSR count). The number of imidazole rings is 1. The molecule has 3 aromatic rings. The fourth-order valence-electron chi connectivity index (χ4n) is 2.18. The van der Waals surface area contributed by atoms with Crippen molar-refractivity contribution in [1.82, 2.24) is 9.97 Å². The van der Waals surface area contributed by atoms with Gasteiger partial charge in [0, 0.05) is 11.3 Å². The summed E-state index contributed by atoms with van der Waals surface area (Å²) in [7, 11) is 0. The minimum atomic E-state index is 0.744. The molecule has 2 nitrogen and oxygen atoms in total. The van der Waals surface area contributed by atoms with Crippen LogP contribution in [-0.2, 0) is 5.75 Å². The van der Waals surface area contributed by atoms with Crippen LogP contribution in [-0.4, -0.2) is 9.97 Å². The van der Waals surface area contributed by atoms with Crippen LogP contribution in [0.5, 0.6) is 0 Å². The number of nitrogens with one attached hydrogen (secondary N) is 1. The molecular weight excluding hydrogens is 252 g/mol. The van der Waals surface area contributed by atoms with Crippen LogP contribution >= 0.6 is 12.6 Å². The van der Waals surface area contributed by atoms with Crippen LogP contribution in [0.15, 0.2) is 36.4 Å². The molecule has 0 saturated carbocycles. The lowest BCUT2D eigenvalue weighted by molar-refractivity contribution is 1.29. The molecule has 0 atom stereocenters. The van der Waals surface area contributed by atoms with E-state index in [0.717, 1.165) is 28.2 Å². The molecule has 0 spiro atoms. The highest BCUT2D eigenvalue weighted by Gasteiger charge is 2.06. The minimum absolute atomic E-state index is 0.744. The Morgan fingerprint density at radius 1 is 1.05 bits per heavy atom. The first-order valence-corrected chi connectivity index (χ1v) is 6.98. The molecule has 1 heterocycles. The second-order valence-corrected chi connectivity index (χ2v) is 5.21. The second-order valence-electron chi connectivity index (χ2n) is 4.89. The van der Waals surface area contributed by atoms with Crippen molar-refractivity contribution in [2.75, 3.05) is 0 Å². The Bertz CT molecular complexity index is 744. The standard InChI is InChI=1S/C16H16N2S/c1-10-3-5-13(7-11(10)2)16-17-14-6-4-12(9-19)8-15(14)18-16/h3-8,19H,9H2,1-2H3,(H,17,18). The SMILES string of the molecule is Cc1ccc(-c2nc3ccc(CS)cc3[nH]2)cc1C. The first-order chi connectivity index (χ1) is 9.17. The molecule has 1 aromatic heterocycles. The maximum atomic E-state index is 4.65. The van der Waals surface area contributed by atoms with E-state index in [0.29, 0.717) is 0 Å². The number of benzene rings is 2. The maximum Gasteiger partial charge on any atom is 0.138 e. The van der Waals surface area contributed by atoms with E-state index in [2.05, 4.69) is 66.8 Å². The number of aryl methyl sites for hydroxylation is 2. The normalized spacial score (nSPS) is 11.1. The van der Waals surface area contributed by atoms with Crippen LogP contribution in [0.4, 0.5) is 0 Å². The van der Waals surface area contributed by atoms with Gasteiger partial charge in [0.1, 0.15) is 5.82 Å². The van der Waals surface area contributed by atoms with Gasteiger partial charge in [0.15, 0.2) is 0 Å². The van der Waals surface area contributed by atoms with E-state index in [1.165, 1.54) is 16.7 Å².